The van der Waals surface area contributed by atoms with Crippen LogP contribution in [-0.2, 0) is 0 Å². The number of nitrogens with one attached hydrogen (secondary N) is 2. The molecule has 10 heteroatoms. The van der Waals surface area contributed by atoms with Gasteiger partial charge in [-0.15, -0.1) is 0 Å². The molecule has 0 saturated carbocycles. The van der Waals surface area contributed by atoms with E-state index in [-0.39, 0.29) is 11.6 Å². The number of hydrogen-bond donors (Lipinski definition) is 2. The van der Waals surface area contributed by atoms with E-state index in [0.717, 1.165) is 13.8 Å². The molecule has 0 spiro atoms. The second kappa shape index (κ2) is 8.63. The lowest BCUT2D eigenvalue weighted by Crippen LogP contribution is -2.39. The third-order valence-electron chi connectivity index (χ3n) is 4.53. The summed E-state index contributed by atoms with van der Waals surface area (Å²) in [4.78, 5) is 25.5. The van der Waals surface area contributed by atoms with E-state index in [9.17, 15) is 13.6 Å². The van der Waals surface area contributed by atoms with Crippen LogP contribution in [0.3, 0.4) is 0 Å². The van der Waals surface area contributed by atoms with Gasteiger partial charge in [0.25, 0.3) is 5.91 Å². The first-order chi connectivity index (χ1) is 14.6. The molecule has 0 fully saturated rings. The first kappa shape index (κ1) is 22.1. The lowest BCUT2D eigenvalue weighted by molar-refractivity contribution is 0.0759. The molecule has 0 aliphatic carbocycles. The zero-order valence-electron chi connectivity index (χ0n) is 17.6. The Labute approximate surface area is 178 Å². The smallest absolute Gasteiger partial charge is 0.255 e. The van der Waals surface area contributed by atoms with Crippen LogP contribution in [0.5, 0.6) is 0 Å². The van der Waals surface area contributed by atoms with Crippen LogP contribution in [0, 0.1) is 11.3 Å². The van der Waals surface area contributed by atoms with Crippen LogP contribution in [-0.4, -0.2) is 49.9 Å². The first-order valence-corrected chi connectivity index (χ1v) is 9.71. The van der Waals surface area contributed by atoms with Crippen LogP contribution in [0.1, 0.15) is 43.6 Å². The standard InChI is InChI=1S/C21H23F2N7O/c1-12(2)29-15-6-18(30-11-28-16-5-13(7-24)8-26-19(16)30)25-9-14(15)20(31)27-10-17(22)21(3,4)23/h5-6,8-9,11-12,17H,10H2,1-4H3,(H,25,29)(H,27,31)/t17-/m1/s1. The van der Waals surface area contributed by atoms with Crippen molar-refractivity contribution in [3.8, 4) is 11.9 Å². The lowest BCUT2D eigenvalue weighted by Gasteiger charge is -2.20. The van der Waals surface area contributed by atoms with Crippen molar-refractivity contribution >= 4 is 22.8 Å². The number of halogens is 2. The molecule has 0 radical (unpaired) electrons. The van der Waals surface area contributed by atoms with E-state index in [1.165, 1.54) is 18.7 Å². The second-order valence-electron chi connectivity index (χ2n) is 7.92. The Morgan fingerprint density at radius 1 is 1.26 bits per heavy atom. The SMILES string of the molecule is CC(C)Nc1cc(-n2cnc3cc(C#N)cnc32)ncc1C(=O)NC[C@@H](F)C(C)(C)F. The Morgan fingerprint density at radius 2 is 2.00 bits per heavy atom. The fourth-order valence-corrected chi connectivity index (χ4v) is 2.84. The maximum absolute atomic E-state index is 13.9. The van der Waals surface area contributed by atoms with Crippen LogP contribution in [0.15, 0.2) is 30.9 Å². The predicted molar refractivity (Wildman–Crippen MR) is 113 cm³/mol. The monoisotopic (exact) mass is 427 g/mol. The van der Waals surface area contributed by atoms with Gasteiger partial charge in [-0.05, 0) is 33.8 Å². The number of fused-ring (bicyclic) bond motifs is 1. The Balaban J connectivity index is 1.93. The number of aromatic nitrogens is 4. The van der Waals surface area contributed by atoms with Crippen molar-refractivity contribution in [1.82, 2.24) is 24.8 Å². The topological polar surface area (TPSA) is 109 Å². The fourth-order valence-electron chi connectivity index (χ4n) is 2.84. The molecule has 0 unspecified atom stereocenters. The van der Waals surface area contributed by atoms with Crippen LogP contribution in [0.2, 0.25) is 0 Å². The van der Waals surface area contributed by atoms with Gasteiger partial charge in [0.1, 0.15) is 29.4 Å². The molecule has 3 aromatic heterocycles. The molecule has 0 saturated heterocycles. The minimum atomic E-state index is -2.06. The maximum Gasteiger partial charge on any atom is 0.255 e. The number of imidazole rings is 1. The third kappa shape index (κ3) is 4.94. The summed E-state index contributed by atoms with van der Waals surface area (Å²) in [5.74, 6) is -0.117. The summed E-state index contributed by atoms with van der Waals surface area (Å²) < 4.78 is 29.2. The van der Waals surface area contributed by atoms with Gasteiger partial charge in [-0.25, -0.2) is 23.7 Å². The van der Waals surface area contributed by atoms with Gasteiger partial charge in [0.05, 0.1) is 23.4 Å². The normalized spacial score (nSPS) is 12.6. The minimum Gasteiger partial charge on any atom is -0.382 e. The molecule has 0 aliphatic heterocycles. The van der Waals surface area contributed by atoms with Crippen molar-refractivity contribution in [1.29, 1.82) is 5.26 Å². The summed E-state index contributed by atoms with van der Waals surface area (Å²) >= 11 is 0. The molecule has 162 valence electrons. The Morgan fingerprint density at radius 3 is 2.65 bits per heavy atom. The van der Waals surface area contributed by atoms with E-state index in [1.807, 2.05) is 19.9 Å². The van der Waals surface area contributed by atoms with E-state index in [2.05, 4.69) is 25.6 Å². The number of hydrogen-bond acceptors (Lipinski definition) is 6. The van der Waals surface area contributed by atoms with Gasteiger partial charge in [0, 0.05) is 24.5 Å². The molecule has 0 bridgehead atoms. The molecule has 2 N–H and O–H groups in total. The molecule has 3 aromatic rings. The quantitative estimate of drug-likeness (QED) is 0.599. The Kier molecular flexibility index (Phi) is 6.15. The highest BCUT2D eigenvalue weighted by molar-refractivity contribution is 5.99. The molecular formula is C21H23F2N7O. The third-order valence-corrected chi connectivity index (χ3v) is 4.53. The number of anilines is 1. The van der Waals surface area contributed by atoms with Gasteiger partial charge in [-0.2, -0.15) is 5.26 Å². The second-order valence-corrected chi connectivity index (χ2v) is 7.92. The van der Waals surface area contributed by atoms with Gasteiger partial charge in [0.2, 0.25) is 0 Å². The molecule has 3 rings (SSSR count). The van der Waals surface area contributed by atoms with Gasteiger partial charge in [-0.1, -0.05) is 0 Å². The van der Waals surface area contributed by atoms with Crippen LogP contribution >= 0.6 is 0 Å². The molecule has 8 nitrogen and oxygen atoms in total. The molecule has 3 heterocycles. The van der Waals surface area contributed by atoms with Gasteiger partial charge in [-0.3, -0.25) is 9.36 Å². The highest BCUT2D eigenvalue weighted by Crippen LogP contribution is 2.23. The molecule has 1 amide bonds. The van der Waals surface area contributed by atoms with Gasteiger partial charge in [0.15, 0.2) is 11.8 Å². The van der Waals surface area contributed by atoms with Gasteiger partial charge >= 0.3 is 0 Å². The summed E-state index contributed by atoms with van der Waals surface area (Å²) in [6, 6.07) is 5.29. The van der Waals surface area contributed by atoms with Crippen LogP contribution < -0.4 is 10.6 Å². The minimum absolute atomic E-state index is 0.00339. The maximum atomic E-state index is 13.9. The van der Waals surface area contributed by atoms with E-state index in [1.54, 1.807) is 16.7 Å². The summed E-state index contributed by atoms with van der Waals surface area (Å²) in [6.07, 6.45) is 2.48. The van der Waals surface area contributed by atoms with Gasteiger partial charge < -0.3 is 10.6 Å². The Bertz CT molecular complexity index is 1140. The average molecular weight is 427 g/mol. The number of rotatable bonds is 7. The van der Waals surface area contributed by atoms with Crippen molar-refractivity contribution in [2.75, 3.05) is 11.9 Å². The number of nitriles is 1. The summed E-state index contributed by atoms with van der Waals surface area (Å²) in [6.45, 7) is 5.59. The Hall–Kier alpha value is -3.61. The molecule has 31 heavy (non-hydrogen) atoms. The van der Waals surface area contributed by atoms with E-state index < -0.39 is 24.3 Å². The van der Waals surface area contributed by atoms with E-state index in [4.69, 9.17) is 5.26 Å². The zero-order chi connectivity index (χ0) is 22.8. The van der Waals surface area contributed by atoms with Crippen molar-refractivity contribution in [2.24, 2.45) is 0 Å². The largest absolute Gasteiger partial charge is 0.382 e. The number of amides is 1. The lowest BCUT2D eigenvalue weighted by atomic mass is 10.1. The van der Waals surface area contributed by atoms with Crippen molar-refractivity contribution in [3.63, 3.8) is 0 Å². The first-order valence-electron chi connectivity index (χ1n) is 9.71. The number of carbonyl (C=O) groups is 1. The highest BCUT2D eigenvalue weighted by atomic mass is 19.2. The van der Waals surface area contributed by atoms with Crippen molar-refractivity contribution in [2.45, 2.75) is 45.6 Å². The number of carbonyl (C=O) groups excluding carboxylic acids is 1. The highest BCUT2D eigenvalue weighted by Gasteiger charge is 2.29. The van der Waals surface area contributed by atoms with E-state index >= 15 is 0 Å². The summed E-state index contributed by atoms with van der Waals surface area (Å²) in [7, 11) is 0. The number of nitrogens with zero attached hydrogens (tertiary/aromatic N) is 5. The fraction of sp³-hybridized carbons (Fsp3) is 0.381. The van der Waals surface area contributed by atoms with Crippen LogP contribution in [0.25, 0.3) is 17.0 Å². The van der Waals surface area contributed by atoms with Crippen LogP contribution in [0.4, 0.5) is 14.5 Å². The molecule has 0 aromatic carbocycles. The molecule has 1 atom stereocenters. The predicted octanol–water partition coefficient (Wildman–Crippen LogP) is 3.32. The van der Waals surface area contributed by atoms with Crippen molar-refractivity contribution in [3.05, 3.63) is 42.0 Å². The van der Waals surface area contributed by atoms with Crippen molar-refractivity contribution < 1.29 is 13.6 Å². The number of pyridine rings is 2. The number of alkyl halides is 2. The zero-order valence-corrected chi connectivity index (χ0v) is 17.6. The summed E-state index contributed by atoms with van der Waals surface area (Å²) in [5.41, 5.74) is 0.0411. The van der Waals surface area contributed by atoms with E-state index in [0.29, 0.717) is 28.2 Å². The molecular weight excluding hydrogens is 404 g/mol. The average Bonchev–Trinajstić information content (AvgIpc) is 3.13. The summed E-state index contributed by atoms with van der Waals surface area (Å²) in [5, 5.41) is 14.6. The molecule has 0 aliphatic rings.